The molecule has 1 rings (SSSR count). The summed E-state index contributed by atoms with van der Waals surface area (Å²) in [6.45, 7) is 7.44. The van der Waals surface area contributed by atoms with Gasteiger partial charge in [0.1, 0.15) is 0 Å². The molecule has 1 aliphatic rings. The molecule has 1 amide bonds. The molecular formula is C12H25N3O2. The molecule has 1 fully saturated rings. The van der Waals surface area contributed by atoms with Crippen molar-refractivity contribution in [1.82, 2.24) is 9.80 Å². The van der Waals surface area contributed by atoms with E-state index in [2.05, 4.69) is 0 Å². The summed E-state index contributed by atoms with van der Waals surface area (Å²) in [7, 11) is 1.96. The Labute approximate surface area is 104 Å². The van der Waals surface area contributed by atoms with Gasteiger partial charge in [-0.25, -0.2) is 0 Å². The van der Waals surface area contributed by atoms with E-state index in [1.165, 1.54) is 0 Å². The lowest BCUT2D eigenvalue weighted by atomic mass is 10.2. The highest BCUT2D eigenvalue weighted by Gasteiger charge is 2.25. The van der Waals surface area contributed by atoms with Gasteiger partial charge in [0.2, 0.25) is 5.91 Å². The number of nitrogens with two attached hydrogens (primary N) is 1. The molecule has 17 heavy (non-hydrogen) atoms. The van der Waals surface area contributed by atoms with Crippen molar-refractivity contribution in [3.63, 3.8) is 0 Å². The number of likely N-dealkylation sites (N-methyl/N-ethyl adjacent to an activating group) is 1. The lowest BCUT2D eigenvalue weighted by molar-refractivity contribution is -0.144. The van der Waals surface area contributed by atoms with Gasteiger partial charge in [-0.3, -0.25) is 9.69 Å². The highest BCUT2D eigenvalue weighted by Crippen LogP contribution is 2.10. The van der Waals surface area contributed by atoms with Gasteiger partial charge in [0.25, 0.3) is 0 Å². The van der Waals surface area contributed by atoms with Crippen molar-refractivity contribution >= 4 is 5.91 Å². The Morgan fingerprint density at radius 2 is 2.00 bits per heavy atom. The first-order valence-corrected chi connectivity index (χ1v) is 6.34. The summed E-state index contributed by atoms with van der Waals surface area (Å²) >= 11 is 0. The number of rotatable bonds is 5. The van der Waals surface area contributed by atoms with Crippen LogP contribution in [0.1, 0.15) is 20.3 Å². The molecule has 5 heteroatoms. The molecule has 100 valence electrons. The van der Waals surface area contributed by atoms with E-state index >= 15 is 0 Å². The number of morpholine rings is 1. The highest BCUT2D eigenvalue weighted by molar-refractivity contribution is 5.78. The monoisotopic (exact) mass is 243 g/mol. The summed E-state index contributed by atoms with van der Waals surface area (Å²) in [5.74, 6) is 0.187. The topological polar surface area (TPSA) is 58.8 Å². The first-order chi connectivity index (χ1) is 8.02. The molecule has 1 saturated heterocycles. The van der Waals surface area contributed by atoms with Crippen molar-refractivity contribution in [1.29, 1.82) is 0 Å². The standard InChI is InChI=1S/C12H25N3O2/c1-10-7-15(8-11(2)17-10)12(16)9-14(3)6-4-5-13/h10-11H,4-9,13H2,1-3H3. The molecule has 2 N–H and O–H groups in total. The zero-order valence-corrected chi connectivity index (χ0v) is 11.2. The zero-order chi connectivity index (χ0) is 12.8. The summed E-state index contributed by atoms with van der Waals surface area (Å²) in [5, 5.41) is 0. The van der Waals surface area contributed by atoms with Crippen molar-refractivity contribution in [3.8, 4) is 0 Å². The van der Waals surface area contributed by atoms with Gasteiger partial charge in [0.05, 0.1) is 18.8 Å². The molecule has 0 bridgehead atoms. The minimum atomic E-state index is 0.136. The third kappa shape index (κ3) is 5.02. The summed E-state index contributed by atoms with van der Waals surface area (Å²) in [4.78, 5) is 16.0. The molecule has 5 nitrogen and oxygen atoms in total. The third-order valence-electron chi connectivity index (χ3n) is 2.92. The molecule has 0 spiro atoms. The van der Waals surface area contributed by atoms with Crippen LogP contribution in [0, 0.1) is 0 Å². The van der Waals surface area contributed by atoms with Crippen molar-refractivity contribution in [2.24, 2.45) is 5.73 Å². The number of carbonyl (C=O) groups is 1. The molecule has 0 saturated carbocycles. The van der Waals surface area contributed by atoms with E-state index < -0.39 is 0 Å². The van der Waals surface area contributed by atoms with E-state index in [0.717, 1.165) is 13.0 Å². The molecule has 0 aromatic rings. The molecule has 0 aromatic carbocycles. The number of hydrogen-bond donors (Lipinski definition) is 1. The van der Waals surface area contributed by atoms with Gasteiger partial charge in [0, 0.05) is 13.1 Å². The number of hydrogen-bond acceptors (Lipinski definition) is 4. The zero-order valence-electron chi connectivity index (χ0n) is 11.2. The fraction of sp³-hybridized carbons (Fsp3) is 0.917. The van der Waals surface area contributed by atoms with Crippen LogP contribution in [0.3, 0.4) is 0 Å². The number of carbonyl (C=O) groups excluding carboxylic acids is 1. The number of amides is 1. The van der Waals surface area contributed by atoms with Crippen molar-refractivity contribution in [3.05, 3.63) is 0 Å². The fourth-order valence-electron chi connectivity index (χ4n) is 2.15. The first kappa shape index (κ1) is 14.4. The van der Waals surface area contributed by atoms with Crippen LogP contribution in [0.15, 0.2) is 0 Å². The molecule has 0 aromatic heterocycles. The van der Waals surface area contributed by atoms with E-state index in [1.54, 1.807) is 0 Å². The molecule has 2 atom stereocenters. The predicted molar refractivity (Wildman–Crippen MR) is 67.8 cm³/mol. The second-order valence-corrected chi connectivity index (χ2v) is 4.94. The van der Waals surface area contributed by atoms with Crippen LogP contribution in [0.4, 0.5) is 0 Å². The van der Waals surface area contributed by atoms with Gasteiger partial charge in [0.15, 0.2) is 0 Å². The van der Waals surface area contributed by atoms with E-state index in [1.807, 2.05) is 30.7 Å². The van der Waals surface area contributed by atoms with Crippen LogP contribution in [-0.2, 0) is 9.53 Å². The van der Waals surface area contributed by atoms with Crippen LogP contribution in [0.2, 0.25) is 0 Å². The third-order valence-corrected chi connectivity index (χ3v) is 2.92. The number of ether oxygens (including phenoxy) is 1. The maximum Gasteiger partial charge on any atom is 0.236 e. The second kappa shape index (κ2) is 6.93. The molecule has 1 aliphatic heterocycles. The lowest BCUT2D eigenvalue weighted by Crippen LogP contribution is -2.50. The predicted octanol–water partition coefficient (Wildman–Crippen LogP) is -0.0972. The smallest absolute Gasteiger partial charge is 0.236 e. The van der Waals surface area contributed by atoms with Crippen molar-refractivity contribution in [2.75, 3.05) is 39.8 Å². The Hall–Kier alpha value is -0.650. The first-order valence-electron chi connectivity index (χ1n) is 6.34. The van der Waals surface area contributed by atoms with E-state index in [9.17, 15) is 4.79 Å². The highest BCUT2D eigenvalue weighted by atomic mass is 16.5. The van der Waals surface area contributed by atoms with Crippen molar-refractivity contribution in [2.45, 2.75) is 32.5 Å². The van der Waals surface area contributed by atoms with E-state index in [0.29, 0.717) is 26.2 Å². The molecular weight excluding hydrogens is 218 g/mol. The summed E-state index contributed by atoms with van der Waals surface area (Å²) in [6, 6.07) is 0. The quantitative estimate of drug-likeness (QED) is 0.733. The number of nitrogens with zero attached hydrogens (tertiary/aromatic N) is 2. The molecule has 0 radical (unpaired) electrons. The Morgan fingerprint density at radius 3 is 2.53 bits per heavy atom. The van der Waals surface area contributed by atoms with Crippen LogP contribution in [0.25, 0.3) is 0 Å². The molecule has 0 aliphatic carbocycles. The largest absolute Gasteiger partial charge is 0.372 e. The second-order valence-electron chi connectivity index (χ2n) is 4.94. The minimum absolute atomic E-state index is 0.136. The van der Waals surface area contributed by atoms with Gasteiger partial charge >= 0.3 is 0 Å². The molecule has 1 heterocycles. The van der Waals surface area contributed by atoms with Crippen LogP contribution in [0.5, 0.6) is 0 Å². The van der Waals surface area contributed by atoms with E-state index in [-0.39, 0.29) is 18.1 Å². The fourth-order valence-corrected chi connectivity index (χ4v) is 2.15. The summed E-state index contributed by atoms with van der Waals surface area (Å²) in [5.41, 5.74) is 5.45. The van der Waals surface area contributed by atoms with Gasteiger partial charge in [-0.05, 0) is 40.4 Å². The Bertz CT molecular complexity index is 238. The molecule has 2 unspecified atom stereocenters. The SMILES string of the molecule is CC1CN(C(=O)CN(C)CCCN)CC(C)O1. The van der Waals surface area contributed by atoms with Gasteiger partial charge < -0.3 is 15.4 Å². The van der Waals surface area contributed by atoms with Crippen LogP contribution in [-0.4, -0.2) is 67.7 Å². The lowest BCUT2D eigenvalue weighted by Gasteiger charge is -2.36. The van der Waals surface area contributed by atoms with Gasteiger partial charge in [-0.2, -0.15) is 0 Å². The Kier molecular flexibility index (Phi) is 5.88. The Balaban J connectivity index is 2.36. The van der Waals surface area contributed by atoms with Crippen molar-refractivity contribution < 1.29 is 9.53 Å². The average Bonchev–Trinajstić information content (AvgIpc) is 2.25. The van der Waals surface area contributed by atoms with E-state index in [4.69, 9.17) is 10.5 Å². The Morgan fingerprint density at radius 1 is 1.41 bits per heavy atom. The summed E-state index contributed by atoms with van der Waals surface area (Å²) < 4.78 is 5.61. The maximum absolute atomic E-state index is 12.1. The summed E-state index contributed by atoms with van der Waals surface area (Å²) in [6.07, 6.45) is 1.20. The minimum Gasteiger partial charge on any atom is -0.372 e. The van der Waals surface area contributed by atoms with Crippen LogP contribution >= 0.6 is 0 Å². The average molecular weight is 243 g/mol. The maximum atomic E-state index is 12.1. The van der Waals surface area contributed by atoms with Gasteiger partial charge in [-0.15, -0.1) is 0 Å². The van der Waals surface area contributed by atoms with Crippen LogP contribution < -0.4 is 5.73 Å². The van der Waals surface area contributed by atoms with Gasteiger partial charge in [-0.1, -0.05) is 0 Å². The normalized spacial score (nSPS) is 25.4.